The average molecular weight is 323 g/mol. The molecule has 0 radical (unpaired) electrons. The molecule has 112 valence electrons. The van der Waals surface area contributed by atoms with Crippen molar-refractivity contribution in [2.45, 2.75) is 30.7 Å². The van der Waals surface area contributed by atoms with E-state index in [1.807, 2.05) is 30.3 Å². The summed E-state index contributed by atoms with van der Waals surface area (Å²) in [5, 5.41) is 11.2. The van der Waals surface area contributed by atoms with Gasteiger partial charge in [0.2, 0.25) is 5.13 Å². The fourth-order valence-corrected chi connectivity index (χ4v) is 3.15. The Labute approximate surface area is 132 Å². The summed E-state index contributed by atoms with van der Waals surface area (Å²) < 4.78 is 6.42. The van der Waals surface area contributed by atoms with Gasteiger partial charge in [-0.3, -0.25) is 10.1 Å². The Morgan fingerprint density at radius 3 is 2.86 bits per heavy atom. The number of benzene rings is 1. The summed E-state index contributed by atoms with van der Waals surface area (Å²) >= 11 is 3.02. The first-order valence-corrected chi connectivity index (χ1v) is 8.48. The minimum Gasteiger partial charge on any atom is -0.481 e. The van der Waals surface area contributed by atoms with Crippen LogP contribution in [0.5, 0.6) is 5.75 Å². The average Bonchev–Trinajstić information content (AvgIpc) is 2.93. The van der Waals surface area contributed by atoms with Crippen molar-refractivity contribution in [3.63, 3.8) is 0 Å². The number of hydrogen-bond donors (Lipinski definition) is 1. The minimum atomic E-state index is -0.594. The van der Waals surface area contributed by atoms with Crippen LogP contribution in [0.2, 0.25) is 0 Å². The normalized spacial score (nSPS) is 11.9. The van der Waals surface area contributed by atoms with Crippen LogP contribution in [0.3, 0.4) is 0 Å². The van der Waals surface area contributed by atoms with E-state index in [2.05, 4.69) is 22.4 Å². The number of rotatable bonds is 7. The molecule has 5 nitrogen and oxygen atoms in total. The van der Waals surface area contributed by atoms with Gasteiger partial charge in [-0.2, -0.15) is 0 Å². The molecule has 0 saturated carbocycles. The molecule has 0 bridgehead atoms. The van der Waals surface area contributed by atoms with Crippen LogP contribution in [0.4, 0.5) is 5.13 Å². The topological polar surface area (TPSA) is 64.1 Å². The van der Waals surface area contributed by atoms with Gasteiger partial charge in [-0.05, 0) is 25.5 Å². The lowest BCUT2D eigenvalue weighted by molar-refractivity contribution is -0.122. The summed E-state index contributed by atoms with van der Waals surface area (Å²) in [4.78, 5) is 12.0. The maximum absolute atomic E-state index is 12.0. The van der Waals surface area contributed by atoms with Crippen molar-refractivity contribution >= 4 is 34.1 Å². The first-order chi connectivity index (χ1) is 10.2. The number of carbonyl (C=O) groups is 1. The fourth-order valence-electron chi connectivity index (χ4n) is 1.47. The molecular weight excluding hydrogens is 306 g/mol. The lowest BCUT2D eigenvalue weighted by atomic mass is 10.3. The lowest BCUT2D eigenvalue weighted by Gasteiger charge is -2.13. The molecule has 1 amide bonds. The van der Waals surface area contributed by atoms with Crippen molar-refractivity contribution < 1.29 is 9.53 Å². The van der Waals surface area contributed by atoms with Gasteiger partial charge < -0.3 is 4.74 Å². The Kier molecular flexibility index (Phi) is 6.01. The lowest BCUT2D eigenvalue weighted by Crippen LogP contribution is -2.30. The minimum absolute atomic E-state index is 0.234. The fraction of sp³-hybridized carbons (Fsp3) is 0.357. The van der Waals surface area contributed by atoms with Crippen molar-refractivity contribution in [2.24, 2.45) is 0 Å². The van der Waals surface area contributed by atoms with E-state index in [1.54, 1.807) is 18.7 Å². The first kappa shape index (κ1) is 15.8. The number of anilines is 1. The number of thioether (sulfide) groups is 1. The molecule has 1 aromatic carbocycles. The highest BCUT2D eigenvalue weighted by Gasteiger charge is 2.16. The van der Waals surface area contributed by atoms with Crippen molar-refractivity contribution in [2.75, 3.05) is 11.1 Å². The molecule has 2 aromatic rings. The Hall–Kier alpha value is -1.60. The Balaban J connectivity index is 1.87. The van der Waals surface area contributed by atoms with Crippen molar-refractivity contribution in [3.05, 3.63) is 30.3 Å². The number of hydrogen-bond acceptors (Lipinski definition) is 6. The van der Waals surface area contributed by atoms with Crippen LogP contribution in [0.1, 0.15) is 20.3 Å². The molecule has 21 heavy (non-hydrogen) atoms. The van der Waals surface area contributed by atoms with Gasteiger partial charge in [-0.25, -0.2) is 0 Å². The number of nitrogens with one attached hydrogen (secondary N) is 1. The quantitative estimate of drug-likeness (QED) is 0.624. The summed E-state index contributed by atoms with van der Waals surface area (Å²) in [5.74, 6) is 1.43. The second kappa shape index (κ2) is 7.99. The largest absolute Gasteiger partial charge is 0.481 e. The Bertz CT molecular complexity index is 575. The molecule has 2 rings (SSSR count). The van der Waals surface area contributed by atoms with Gasteiger partial charge in [-0.15, -0.1) is 10.2 Å². The van der Waals surface area contributed by atoms with Gasteiger partial charge >= 0.3 is 0 Å². The molecule has 0 saturated heterocycles. The zero-order chi connectivity index (χ0) is 15.1. The first-order valence-electron chi connectivity index (χ1n) is 6.68. The van der Waals surface area contributed by atoms with Gasteiger partial charge in [0.05, 0.1) is 0 Å². The number of aromatic nitrogens is 2. The van der Waals surface area contributed by atoms with Crippen LogP contribution in [-0.2, 0) is 4.79 Å². The van der Waals surface area contributed by atoms with Crippen molar-refractivity contribution in [3.8, 4) is 5.75 Å². The molecular formula is C14H17N3O2S2. The van der Waals surface area contributed by atoms with Crippen LogP contribution in [0.25, 0.3) is 0 Å². The van der Waals surface area contributed by atoms with Crippen LogP contribution in [0.15, 0.2) is 34.7 Å². The zero-order valence-corrected chi connectivity index (χ0v) is 13.5. The second-order valence-corrected chi connectivity index (χ2v) is 6.60. The van der Waals surface area contributed by atoms with E-state index in [9.17, 15) is 4.79 Å². The molecule has 0 aliphatic heterocycles. The number of para-hydroxylation sites is 1. The molecule has 0 aliphatic rings. The maximum Gasteiger partial charge on any atom is 0.266 e. The van der Waals surface area contributed by atoms with Gasteiger partial charge in [0.15, 0.2) is 10.4 Å². The smallest absolute Gasteiger partial charge is 0.266 e. The number of nitrogens with zero attached hydrogens (tertiary/aromatic N) is 2. The zero-order valence-electron chi connectivity index (χ0n) is 11.9. The summed E-state index contributed by atoms with van der Waals surface area (Å²) in [5.41, 5.74) is 0. The van der Waals surface area contributed by atoms with E-state index in [1.165, 1.54) is 11.3 Å². The SMILES string of the molecule is CCCSc1nnc(NC(=O)[C@H](C)Oc2ccccc2)s1. The summed E-state index contributed by atoms with van der Waals surface area (Å²) in [6.07, 6.45) is 0.483. The van der Waals surface area contributed by atoms with Gasteiger partial charge in [0.25, 0.3) is 5.91 Å². The van der Waals surface area contributed by atoms with E-state index < -0.39 is 6.10 Å². The van der Waals surface area contributed by atoms with Crippen LogP contribution < -0.4 is 10.1 Å². The number of ether oxygens (including phenoxy) is 1. The third kappa shape index (κ3) is 5.02. The third-order valence-corrected chi connectivity index (χ3v) is 4.67. The van der Waals surface area contributed by atoms with E-state index in [0.29, 0.717) is 10.9 Å². The molecule has 0 aliphatic carbocycles. The van der Waals surface area contributed by atoms with Crippen LogP contribution in [0, 0.1) is 0 Å². The highest BCUT2D eigenvalue weighted by atomic mass is 32.2. The Morgan fingerprint density at radius 1 is 1.38 bits per heavy atom. The summed E-state index contributed by atoms with van der Waals surface area (Å²) in [7, 11) is 0. The summed E-state index contributed by atoms with van der Waals surface area (Å²) in [6, 6.07) is 9.25. The third-order valence-electron chi connectivity index (χ3n) is 2.49. The van der Waals surface area contributed by atoms with Crippen molar-refractivity contribution in [1.29, 1.82) is 0 Å². The van der Waals surface area contributed by atoms with E-state index in [0.717, 1.165) is 16.5 Å². The number of carbonyl (C=O) groups excluding carboxylic acids is 1. The molecule has 7 heteroatoms. The molecule has 1 N–H and O–H groups in total. The molecule has 0 spiro atoms. The van der Waals surface area contributed by atoms with Gasteiger partial charge in [0, 0.05) is 5.75 Å². The van der Waals surface area contributed by atoms with E-state index in [4.69, 9.17) is 4.74 Å². The monoisotopic (exact) mass is 323 g/mol. The predicted octanol–water partition coefficient (Wildman–Crippen LogP) is 3.45. The highest BCUT2D eigenvalue weighted by molar-refractivity contribution is 8.01. The summed E-state index contributed by atoms with van der Waals surface area (Å²) in [6.45, 7) is 3.81. The van der Waals surface area contributed by atoms with Gasteiger partial charge in [0.1, 0.15) is 5.75 Å². The van der Waals surface area contributed by atoms with Crippen LogP contribution in [-0.4, -0.2) is 28.0 Å². The standard InChI is InChI=1S/C14H17N3O2S2/c1-3-9-20-14-17-16-13(21-14)15-12(18)10(2)19-11-7-5-4-6-8-11/h4-8,10H,3,9H2,1-2H3,(H,15,16,18)/t10-/m0/s1. The van der Waals surface area contributed by atoms with E-state index in [-0.39, 0.29) is 5.91 Å². The predicted molar refractivity (Wildman–Crippen MR) is 86.1 cm³/mol. The molecule has 0 unspecified atom stereocenters. The molecule has 1 heterocycles. The second-order valence-electron chi connectivity index (χ2n) is 4.28. The number of amides is 1. The van der Waals surface area contributed by atoms with Gasteiger partial charge in [-0.1, -0.05) is 48.2 Å². The Morgan fingerprint density at radius 2 is 2.14 bits per heavy atom. The van der Waals surface area contributed by atoms with E-state index >= 15 is 0 Å². The molecule has 1 atom stereocenters. The maximum atomic E-state index is 12.0. The van der Waals surface area contributed by atoms with Crippen LogP contribution >= 0.6 is 23.1 Å². The molecule has 1 aromatic heterocycles. The highest BCUT2D eigenvalue weighted by Crippen LogP contribution is 2.26. The molecule has 0 fully saturated rings. The van der Waals surface area contributed by atoms with Crippen molar-refractivity contribution in [1.82, 2.24) is 10.2 Å².